The van der Waals surface area contributed by atoms with Crippen LogP contribution < -0.4 is 4.90 Å². The van der Waals surface area contributed by atoms with E-state index in [9.17, 15) is 22.4 Å². The van der Waals surface area contributed by atoms with Gasteiger partial charge in [0.15, 0.2) is 0 Å². The molecule has 2 aromatic carbocycles. The monoisotopic (exact) mass is 479 g/mol. The highest BCUT2D eigenvalue weighted by Crippen LogP contribution is 2.30. The first-order valence-electron chi connectivity index (χ1n) is 10.4. The second kappa shape index (κ2) is 9.17. The molecule has 2 aliphatic rings. The summed E-state index contributed by atoms with van der Waals surface area (Å²) in [5.41, 5.74) is 0.865. The molecule has 2 saturated heterocycles. The molecule has 0 unspecified atom stereocenters. The summed E-state index contributed by atoms with van der Waals surface area (Å²) in [6.07, 6.45) is 1.61. The van der Waals surface area contributed by atoms with Gasteiger partial charge >= 0.3 is 0 Å². The fourth-order valence-corrected chi connectivity index (χ4v) is 5.71. The number of anilines is 1. The van der Waals surface area contributed by atoms with Crippen LogP contribution in [0.2, 0.25) is 5.02 Å². The molecule has 2 amide bonds. The van der Waals surface area contributed by atoms with Crippen molar-refractivity contribution in [2.75, 3.05) is 37.6 Å². The average molecular weight is 480 g/mol. The summed E-state index contributed by atoms with van der Waals surface area (Å²) in [6.45, 7) is 1.49. The predicted molar refractivity (Wildman–Crippen MR) is 119 cm³/mol. The number of hydrogen-bond acceptors (Lipinski definition) is 4. The maximum atomic E-state index is 13.3. The van der Waals surface area contributed by atoms with Crippen molar-refractivity contribution in [2.24, 2.45) is 0 Å². The summed E-state index contributed by atoms with van der Waals surface area (Å²) in [5, 5.41) is 0.434. The Morgan fingerprint density at radius 1 is 0.938 bits per heavy atom. The van der Waals surface area contributed by atoms with Gasteiger partial charge in [-0.1, -0.05) is 11.6 Å². The number of halogens is 2. The van der Waals surface area contributed by atoms with E-state index < -0.39 is 15.8 Å². The molecule has 2 aromatic rings. The molecule has 0 saturated carbocycles. The SMILES string of the molecule is O=C(c1ccc(Cl)cc1N1CCCC1=O)N1CCCN(S(=O)(=O)c2ccc(F)cc2)CC1. The molecule has 0 radical (unpaired) electrons. The van der Waals surface area contributed by atoms with Gasteiger partial charge in [-0.25, -0.2) is 12.8 Å². The van der Waals surface area contributed by atoms with Crippen LogP contribution in [-0.4, -0.2) is 62.2 Å². The fourth-order valence-electron chi connectivity index (χ4n) is 4.08. The Morgan fingerprint density at radius 2 is 1.69 bits per heavy atom. The van der Waals surface area contributed by atoms with Crippen LogP contribution in [0.4, 0.5) is 10.1 Å². The zero-order valence-corrected chi connectivity index (χ0v) is 18.9. The van der Waals surface area contributed by atoms with Crippen LogP contribution in [0.5, 0.6) is 0 Å². The van der Waals surface area contributed by atoms with Crippen molar-refractivity contribution < 1.29 is 22.4 Å². The van der Waals surface area contributed by atoms with Crippen molar-refractivity contribution in [3.8, 4) is 0 Å². The summed E-state index contributed by atoms with van der Waals surface area (Å²) in [5.74, 6) is -0.821. The lowest BCUT2D eigenvalue weighted by molar-refractivity contribution is -0.117. The Kier molecular flexibility index (Phi) is 6.50. The number of carbonyl (C=O) groups is 2. The zero-order valence-electron chi connectivity index (χ0n) is 17.3. The molecule has 0 aromatic heterocycles. The van der Waals surface area contributed by atoms with Gasteiger partial charge in [0.05, 0.1) is 16.1 Å². The van der Waals surface area contributed by atoms with E-state index in [-0.39, 0.29) is 36.3 Å². The molecule has 32 heavy (non-hydrogen) atoms. The van der Waals surface area contributed by atoms with Crippen molar-refractivity contribution >= 4 is 39.1 Å². The van der Waals surface area contributed by atoms with Crippen LogP contribution in [0.25, 0.3) is 0 Å². The third-order valence-electron chi connectivity index (χ3n) is 5.75. The maximum absolute atomic E-state index is 13.3. The molecule has 170 valence electrons. The van der Waals surface area contributed by atoms with Crippen molar-refractivity contribution in [3.05, 3.63) is 58.9 Å². The lowest BCUT2D eigenvalue weighted by atomic mass is 10.1. The van der Waals surface area contributed by atoms with Crippen molar-refractivity contribution in [1.29, 1.82) is 0 Å². The minimum absolute atomic E-state index is 0.0196. The van der Waals surface area contributed by atoms with E-state index in [1.165, 1.54) is 16.4 Å². The molecule has 4 rings (SSSR count). The number of sulfonamides is 1. The topological polar surface area (TPSA) is 78.0 Å². The molecule has 2 heterocycles. The van der Waals surface area contributed by atoms with Gasteiger partial charge in [0.25, 0.3) is 5.91 Å². The zero-order chi connectivity index (χ0) is 22.9. The molecular weight excluding hydrogens is 457 g/mol. The number of carbonyl (C=O) groups excluding carboxylic acids is 2. The van der Waals surface area contributed by atoms with Crippen LogP contribution in [-0.2, 0) is 14.8 Å². The van der Waals surface area contributed by atoms with Gasteiger partial charge in [0.2, 0.25) is 15.9 Å². The van der Waals surface area contributed by atoms with Crippen molar-refractivity contribution in [3.63, 3.8) is 0 Å². The maximum Gasteiger partial charge on any atom is 0.256 e. The Balaban J connectivity index is 1.54. The number of nitrogens with zero attached hydrogens (tertiary/aromatic N) is 3. The van der Waals surface area contributed by atoms with Crippen LogP contribution in [0.15, 0.2) is 47.4 Å². The molecule has 0 atom stereocenters. The first-order valence-corrected chi connectivity index (χ1v) is 12.2. The quantitative estimate of drug-likeness (QED) is 0.675. The third kappa shape index (κ3) is 4.51. The first-order chi connectivity index (χ1) is 15.3. The Bertz CT molecular complexity index is 1140. The van der Waals surface area contributed by atoms with Crippen LogP contribution in [0, 0.1) is 5.82 Å². The normalized spacial score (nSPS) is 18.1. The number of amides is 2. The Labute approximate surface area is 191 Å². The molecule has 0 aliphatic carbocycles. The molecule has 7 nitrogen and oxygen atoms in total. The predicted octanol–water partition coefficient (Wildman–Crippen LogP) is 3.14. The second-order valence-corrected chi connectivity index (χ2v) is 10.2. The van der Waals surface area contributed by atoms with Crippen molar-refractivity contribution in [2.45, 2.75) is 24.2 Å². The largest absolute Gasteiger partial charge is 0.337 e. The fraction of sp³-hybridized carbons (Fsp3) is 0.364. The molecule has 0 N–H and O–H groups in total. The van der Waals surface area contributed by atoms with E-state index >= 15 is 0 Å². The van der Waals surface area contributed by atoms with Gasteiger partial charge in [0, 0.05) is 44.2 Å². The van der Waals surface area contributed by atoms with E-state index in [4.69, 9.17) is 11.6 Å². The van der Waals surface area contributed by atoms with Crippen LogP contribution in [0.3, 0.4) is 0 Å². The summed E-state index contributed by atoms with van der Waals surface area (Å²) in [6, 6.07) is 9.56. The van der Waals surface area contributed by atoms with Crippen molar-refractivity contribution in [1.82, 2.24) is 9.21 Å². The standard InChI is InChI=1S/C22H23ClFN3O4S/c23-16-4-9-19(20(15-16)27-12-1-3-21(27)28)22(29)25-10-2-11-26(14-13-25)32(30,31)18-7-5-17(24)6-8-18/h4-9,15H,1-3,10-14H2. The van der Waals surface area contributed by atoms with Gasteiger partial charge in [-0.05, 0) is 55.3 Å². The molecule has 2 aliphatic heterocycles. The molecule has 2 fully saturated rings. The average Bonchev–Trinajstić information content (AvgIpc) is 3.04. The Morgan fingerprint density at radius 3 is 2.38 bits per heavy atom. The van der Waals surface area contributed by atoms with Gasteiger partial charge in [-0.3, -0.25) is 9.59 Å². The minimum atomic E-state index is -3.79. The smallest absolute Gasteiger partial charge is 0.256 e. The molecule has 0 spiro atoms. The lowest BCUT2D eigenvalue weighted by Gasteiger charge is -2.25. The van der Waals surface area contributed by atoms with E-state index in [1.807, 2.05) is 0 Å². The van der Waals surface area contributed by atoms with Gasteiger partial charge < -0.3 is 9.80 Å². The molecule has 0 bridgehead atoms. The highest BCUT2D eigenvalue weighted by molar-refractivity contribution is 7.89. The lowest BCUT2D eigenvalue weighted by Crippen LogP contribution is -2.38. The number of benzene rings is 2. The first kappa shape index (κ1) is 22.7. The van der Waals surface area contributed by atoms with E-state index in [0.29, 0.717) is 42.2 Å². The number of rotatable bonds is 4. The van der Waals surface area contributed by atoms with Gasteiger partial charge in [0.1, 0.15) is 5.82 Å². The molecular formula is C22H23ClFN3O4S. The summed E-state index contributed by atoms with van der Waals surface area (Å²) >= 11 is 6.14. The van der Waals surface area contributed by atoms with Crippen LogP contribution >= 0.6 is 11.6 Å². The number of hydrogen-bond donors (Lipinski definition) is 0. The highest BCUT2D eigenvalue weighted by Gasteiger charge is 2.31. The highest BCUT2D eigenvalue weighted by atomic mass is 35.5. The molecule has 10 heteroatoms. The van der Waals surface area contributed by atoms with E-state index in [2.05, 4.69) is 0 Å². The summed E-state index contributed by atoms with van der Waals surface area (Å²) < 4.78 is 40.4. The van der Waals surface area contributed by atoms with Gasteiger partial charge in [-0.2, -0.15) is 4.31 Å². The van der Waals surface area contributed by atoms with E-state index in [1.54, 1.807) is 28.0 Å². The minimum Gasteiger partial charge on any atom is -0.337 e. The van der Waals surface area contributed by atoms with Crippen LogP contribution in [0.1, 0.15) is 29.6 Å². The summed E-state index contributed by atoms with van der Waals surface area (Å²) in [7, 11) is -3.79. The summed E-state index contributed by atoms with van der Waals surface area (Å²) in [4.78, 5) is 28.8. The van der Waals surface area contributed by atoms with E-state index in [0.717, 1.165) is 18.6 Å². The van der Waals surface area contributed by atoms with Gasteiger partial charge in [-0.15, -0.1) is 0 Å². The second-order valence-electron chi connectivity index (χ2n) is 7.81. The third-order valence-corrected chi connectivity index (χ3v) is 7.90. The Hall–Kier alpha value is -2.49.